The van der Waals surface area contributed by atoms with Crippen LogP contribution in [0.25, 0.3) is 10.2 Å². The number of hydrogen-bond donors (Lipinski definition) is 0. The number of fused-ring (bicyclic) bond motifs is 1. The molecule has 2 heterocycles. The van der Waals surface area contributed by atoms with E-state index >= 15 is 0 Å². The minimum absolute atomic E-state index is 0.195. The highest BCUT2D eigenvalue weighted by Gasteiger charge is 2.26. The van der Waals surface area contributed by atoms with Gasteiger partial charge in [0.15, 0.2) is 5.13 Å². The van der Waals surface area contributed by atoms with Crippen LogP contribution in [0.15, 0.2) is 47.4 Å². The summed E-state index contributed by atoms with van der Waals surface area (Å²) in [6, 6.07) is 12.0. The summed E-state index contributed by atoms with van der Waals surface area (Å²) >= 11 is 7.77. The van der Waals surface area contributed by atoms with E-state index in [1.807, 2.05) is 57.5 Å². The summed E-state index contributed by atoms with van der Waals surface area (Å²) in [5, 5.41) is 5.73. The molecule has 11 heteroatoms. The maximum Gasteiger partial charge on any atom is 0.260 e. The quantitative estimate of drug-likeness (QED) is 0.161. The largest absolute Gasteiger partial charge is 0.282 e. The van der Waals surface area contributed by atoms with Crippen molar-refractivity contribution in [1.29, 1.82) is 0 Å². The summed E-state index contributed by atoms with van der Waals surface area (Å²) in [6.45, 7) is 11.7. The fourth-order valence-corrected chi connectivity index (χ4v) is 7.40. The molecule has 2 aromatic heterocycles. The van der Waals surface area contributed by atoms with Gasteiger partial charge in [0.1, 0.15) is 0 Å². The van der Waals surface area contributed by atoms with E-state index in [-0.39, 0.29) is 10.8 Å². The molecule has 0 unspecified atom stereocenters. The summed E-state index contributed by atoms with van der Waals surface area (Å²) in [6.07, 6.45) is 3.43. The second kappa shape index (κ2) is 13.5. The first-order valence-corrected chi connectivity index (χ1v) is 16.7. The molecule has 41 heavy (non-hydrogen) atoms. The van der Waals surface area contributed by atoms with E-state index in [0.29, 0.717) is 41.9 Å². The number of benzene rings is 2. The van der Waals surface area contributed by atoms with Crippen LogP contribution in [0.3, 0.4) is 0 Å². The molecule has 0 fully saturated rings. The Balaban J connectivity index is 1.65. The number of halogens is 1. The second-order valence-corrected chi connectivity index (χ2v) is 13.6. The van der Waals surface area contributed by atoms with Gasteiger partial charge in [-0.15, -0.1) is 0 Å². The molecular weight excluding hydrogens is 578 g/mol. The Morgan fingerprint density at radius 2 is 1.63 bits per heavy atom. The number of sulfonamides is 1. The van der Waals surface area contributed by atoms with Crippen LogP contribution >= 0.6 is 22.9 Å². The van der Waals surface area contributed by atoms with Gasteiger partial charge in [0.2, 0.25) is 10.0 Å². The number of anilines is 1. The van der Waals surface area contributed by atoms with Crippen molar-refractivity contribution in [2.75, 3.05) is 24.5 Å². The van der Waals surface area contributed by atoms with Crippen molar-refractivity contribution >= 4 is 54.2 Å². The zero-order valence-electron chi connectivity index (χ0n) is 24.4. The molecule has 0 saturated carbocycles. The van der Waals surface area contributed by atoms with Crippen LogP contribution in [0, 0.1) is 20.8 Å². The minimum Gasteiger partial charge on any atom is -0.282 e. The van der Waals surface area contributed by atoms with E-state index in [1.165, 1.54) is 23.5 Å². The molecule has 0 aliphatic heterocycles. The Bertz CT molecular complexity index is 1610. The lowest BCUT2D eigenvalue weighted by Gasteiger charge is -2.23. The molecule has 4 rings (SSSR count). The molecule has 1 amide bonds. The third kappa shape index (κ3) is 6.99. The molecule has 0 N–H and O–H groups in total. The topological polar surface area (TPSA) is 88.4 Å². The molecule has 8 nitrogen and oxygen atoms in total. The molecule has 0 spiro atoms. The van der Waals surface area contributed by atoms with Gasteiger partial charge in [0, 0.05) is 35.9 Å². The summed E-state index contributed by atoms with van der Waals surface area (Å²) in [5.41, 5.74) is 3.94. The lowest BCUT2D eigenvalue weighted by Crippen LogP contribution is -2.34. The lowest BCUT2D eigenvalue weighted by molar-refractivity contribution is 0.0985. The van der Waals surface area contributed by atoms with E-state index in [9.17, 15) is 13.2 Å². The Hall–Kier alpha value is -2.79. The predicted octanol–water partition coefficient (Wildman–Crippen LogP) is 7.01. The number of unbranched alkanes of at least 4 members (excludes halogenated alkanes) is 2. The normalized spacial score (nSPS) is 12.0. The fourth-order valence-electron chi connectivity index (χ4n) is 4.68. The molecule has 4 aromatic rings. The molecule has 0 radical (unpaired) electrons. The SMILES string of the molecule is CCCCN(CCCC)S(=O)(=O)c1ccc(C(=O)N(CCn2nc(C)cc2C)c2nc3c(C)c(Cl)ccc3s2)cc1. The number of aryl methyl sites for hydroxylation is 3. The van der Waals surface area contributed by atoms with E-state index in [4.69, 9.17) is 16.6 Å². The summed E-state index contributed by atoms with van der Waals surface area (Å²) in [4.78, 5) is 20.6. The molecule has 0 aliphatic rings. The number of thiazole rings is 1. The van der Waals surface area contributed by atoms with Gasteiger partial charge in [-0.1, -0.05) is 49.6 Å². The molecule has 0 atom stereocenters. The highest BCUT2D eigenvalue weighted by atomic mass is 35.5. The van der Waals surface area contributed by atoms with E-state index < -0.39 is 10.0 Å². The average Bonchev–Trinajstić information content (AvgIpc) is 3.53. The Labute approximate surface area is 252 Å². The summed E-state index contributed by atoms with van der Waals surface area (Å²) in [5.74, 6) is -0.257. The van der Waals surface area contributed by atoms with Crippen molar-refractivity contribution in [3.8, 4) is 0 Å². The monoisotopic (exact) mass is 615 g/mol. The first kappa shape index (κ1) is 31.2. The van der Waals surface area contributed by atoms with Crippen molar-refractivity contribution in [3.63, 3.8) is 0 Å². The second-order valence-electron chi connectivity index (χ2n) is 10.3. The third-order valence-electron chi connectivity index (χ3n) is 7.11. The summed E-state index contributed by atoms with van der Waals surface area (Å²) in [7, 11) is -3.66. The van der Waals surface area contributed by atoms with Crippen LogP contribution < -0.4 is 4.90 Å². The van der Waals surface area contributed by atoms with E-state index in [1.54, 1.807) is 21.3 Å². The van der Waals surface area contributed by atoms with Crippen LogP contribution in [0.2, 0.25) is 5.02 Å². The molecule has 0 saturated heterocycles. The standard InChI is InChI=1S/C30H38ClN5O3S2/c1-6-8-16-34(17-9-7-2)41(38,39)25-12-10-24(11-13-25)29(37)35(18-19-36-22(4)20-21(3)33-36)30-32-28-23(5)26(31)14-15-27(28)40-30/h10-15,20H,6-9,16-19H2,1-5H3. The van der Waals surface area contributed by atoms with Gasteiger partial charge in [-0.3, -0.25) is 14.4 Å². The Morgan fingerprint density at radius 1 is 0.976 bits per heavy atom. The van der Waals surface area contributed by atoms with Crippen LogP contribution in [0.1, 0.15) is 66.8 Å². The maximum absolute atomic E-state index is 13.9. The van der Waals surface area contributed by atoms with Crippen molar-refractivity contribution in [3.05, 3.63) is 70.0 Å². The van der Waals surface area contributed by atoms with Gasteiger partial charge in [-0.25, -0.2) is 13.4 Å². The smallest absolute Gasteiger partial charge is 0.260 e. The van der Waals surface area contributed by atoms with Gasteiger partial charge in [0.05, 0.1) is 27.4 Å². The molecule has 2 aromatic carbocycles. The molecule has 220 valence electrons. The number of aromatic nitrogens is 3. The van der Waals surface area contributed by atoms with E-state index in [2.05, 4.69) is 5.10 Å². The van der Waals surface area contributed by atoms with Crippen LogP contribution in [-0.2, 0) is 16.6 Å². The first-order valence-electron chi connectivity index (χ1n) is 14.1. The van der Waals surface area contributed by atoms with E-state index in [0.717, 1.165) is 52.9 Å². The number of amides is 1. The van der Waals surface area contributed by atoms with Crippen LogP contribution in [0.5, 0.6) is 0 Å². The first-order chi connectivity index (χ1) is 19.6. The van der Waals surface area contributed by atoms with Gasteiger partial charge in [-0.2, -0.15) is 9.40 Å². The number of carbonyl (C=O) groups excluding carboxylic acids is 1. The van der Waals surface area contributed by atoms with Crippen molar-refractivity contribution in [2.24, 2.45) is 0 Å². The highest BCUT2D eigenvalue weighted by molar-refractivity contribution is 7.89. The molecule has 0 aliphatic carbocycles. The zero-order chi connectivity index (χ0) is 29.7. The van der Waals surface area contributed by atoms with Crippen molar-refractivity contribution in [1.82, 2.24) is 19.1 Å². The summed E-state index contributed by atoms with van der Waals surface area (Å²) < 4.78 is 31.2. The van der Waals surface area contributed by atoms with Gasteiger partial charge in [0.25, 0.3) is 5.91 Å². The maximum atomic E-state index is 13.9. The number of carbonyl (C=O) groups is 1. The number of nitrogens with zero attached hydrogens (tertiary/aromatic N) is 5. The minimum atomic E-state index is -3.66. The lowest BCUT2D eigenvalue weighted by atomic mass is 10.2. The van der Waals surface area contributed by atoms with Crippen LogP contribution in [-0.4, -0.2) is 53.0 Å². The highest BCUT2D eigenvalue weighted by Crippen LogP contribution is 2.34. The predicted molar refractivity (Wildman–Crippen MR) is 168 cm³/mol. The number of rotatable bonds is 13. The van der Waals surface area contributed by atoms with Gasteiger partial charge in [-0.05, 0) is 81.6 Å². The van der Waals surface area contributed by atoms with Crippen molar-refractivity contribution < 1.29 is 13.2 Å². The number of hydrogen-bond acceptors (Lipinski definition) is 6. The molecular formula is C30H38ClN5O3S2. The van der Waals surface area contributed by atoms with Gasteiger partial charge < -0.3 is 0 Å². The average molecular weight is 616 g/mol. The van der Waals surface area contributed by atoms with Gasteiger partial charge >= 0.3 is 0 Å². The third-order valence-corrected chi connectivity index (χ3v) is 10.5. The van der Waals surface area contributed by atoms with Crippen LogP contribution in [0.4, 0.5) is 5.13 Å². The Kier molecular flexibility index (Phi) is 10.2. The zero-order valence-corrected chi connectivity index (χ0v) is 26.7. The Morgan fingerprint density at radius 3 is 2.22 bits per heavy atom. The molecule has 0 bridgehead atoms. The fraction of sp³-hybridized carbons (Fsp3) is 0.433. The van der Waals surface area contributed by atoms with Crippen molar-refractivity contribution in [2.45, 2.75) is 71.7 Å².